The number of nitro benzene ring substituents is 1. The van der Waals surface area contributed by atoms with Gasteiger partial charge in [-0.05, 0) is 45.0 Å². The second-order valence-electron chi connectivity index (χ2n) is 7.24. The molecule has 0 bridgehead atoms. The van der Waals surface area contributed by atoms with Gasteiger partial charge in [0.05, 0.1) is 10.5 Å². The van der Waals surface area contributed by atoms with Crippen LogP contribution in [0.15, 0.2) is 30.3 Å². The maximum Gasteiger partial charge on any atom is 0.276 e. The van der Waals surface area contributed by atoms with Gasteiger partial charge in [-0.25, -0.2) is 0 Å². The van der Waals surface area contributed by atoms with Gasteiger partial charge in [-0.15, -0.1) is 0 Å². The Balaban J connectivity index is 2.08. The van der Waals surface area contributed by atoms with E-state index in [1.165, 1.54) is 44.2 Å². The number of hydrogen-bond donors (Lipinski definition) is 0. The highest BCUT2D eigenvalue weighted by Crippen LogP contribution is 2.25. The van der Waals surface area contributed by atoms with Gasteiger partial charge in [0.25, 0.3) is 5.69 Å². The summed E-state index contributed by atoms with van der Waals surface area (Å²) < 4.78 is 0. The zero-order valence-corrected chi connectivity index (χ0v) is 15.8. The van der Waals surface area contributed by atoms with Gasteiger partial charge in [0.2, 0.25) is 5.91 Å². The first kappa shape index (κ1) is 20.1. The lowest BCUT2D eigenvalue weighted by Crippen LogP contribution is -2.39. The van der Waals surface area contributed by atoms with Crippen LogP contribution in [0.2, 0.25) is 0 Å². The zero-order chi connectivity index (χ0) is 18.9. The standard InChI is InChI=1S/C20H29N3O3/c1-21(2)14-15-22(16-17-8-4-3-5-9-17)20(24)13-12-18-10-6-7-11-19(18)23(25)26/h6-7,10-13,17H,3-5,8-9,14-16H2,1-2H3. The van der Waals surface area contributed by atoms with Gasteiger partial charge >= 0.3 is 0 Å². The van der Waals surface area contributed by atoms with Gasteiger partial charge in [-0.3, -0.25) is 14.9 Å². The molecule has 0 saturated heterocycles. The highest BCUT2D eigenvalue weighted by Gasteiger charge is 2.20. The molecule has 0 radical (unpaired) electrons. The Kier molecular flexibility index (Phi) is 7.78. The molecular formula is C20H29N3O3. The van der Waals surface area contributed by atoms with Gasteiger partial charge < -0.3 is 9.80 Å². The number of nitro groups is 1. The number of benzene rings is 1. The fourth-order valence-electron chi connectivity index (χ4n) is 3.35. The number of hydrogen-bond acceptors (Lipinski definition) is 4. The van der Waals surface area contributed by atoms with Crippen molar-refractivity contribution in [2.24, 2.45) is 5.92 Å². The molecular weight excluding hydrogens is 330 g/mol. The van der Waals surface area contributed by atoms with E-state index in [4.69, 9.17) is 0 Å². The van der Waals surface area contributed by atoms with E-state index in [0.29, 0.717) is 18.0 Å². The van der Waals surface area contributed by atoms with Crippen LogP contribution in [0.25, 0.3) is 6.08 Å². The van der Waals surface area contributed by atoms with Crippen LogP contribution in [-0.2, 0) is 4.79 Å². The van der Waals surface area contributed by atoms with Crippen molar-refractivity contribution in [3.05, 3.63) is 46.0 Å². The molecule has 0 atom stereocenters. The molecule has 0 aromatic heterocycles. The third-order valence-corrected chi connectivity index (χ3v) is 4.87. The average molecular weight is 359 g/mol. The van der Waals surface area contributed by atoms with Gasteiger partial charge in [-0.1, -0.05) is 31.4 Å². The fourth-order valence-corrected chi connectivity index (χ4v) is 3.35. The smallest absolute Gasteiger partial charge is 0.276 e. The summed E-state index contributed by atoms with van der Waals surface area (Å²) in [5, 5.41) is 11.1. The van der Waals surface area contributed by atoms with E-state index in [2.05, 4.69) is 4.90 Å². The molecule has 6 heteroatoms. The molecule has 2 rings (SSSR count). The van der Waals surface area contributed by atoms with E-state index in [1.54, 1.807) is 24.3 Å². The number of likely N-dealkylation sites (N-methyl/N-ethyl adjacent to an activating group) is 1. The summed E-state index contributed by atoms with van der Waals surface area (Å²) in [6.07, 6.45) is 9.17. The third kappa shape index (κ3) is 6.26. The van der Waals surface area contributed by atoms with Crippen LogP contribution >= 0.6 is 0 Å². The van der Waals surface area contributed by atoms with E-state index in [1.807, 2.05) is 19.0 Å². The highest BCUT2D eigenvalue weighted by atomic mass is 16.6. The maximum atomic E-state index is 12.7. The van der Waals surface area contributed by atoms with E-state index in [9.17, 15) is 14.9 Å². The Hall–Kier alpha value is -2.21. The molecule has 1 aliphatic rings. The second kappa shape index (κ2) is 10.1. The fraction of sp³-hybridized carbons (Fsp3) is 0.550. The monoisotopic (exact) mass is 359 g/mol. The molecule has 1 aromatic rings. The van der Waals surface area contributed by atoms with Crippen molar-refractivity contribution in [2.75, 3.05) is 33.7 Å². The quantitative estimate of drug-likeness (QED) is 0.404. The zero-order valence-electron chi connectivity index (χ0n) is 15.8. The van der Waals surface area contributed by atoms with Crippen LogP contribution in [0.5, 0.6) is 0 Å². The normalized spacial score (nSPS) is 15.5. The molecule has 1 aromatic carbocycles. The minimum atomic E-state index is -0.421. The van der Waals surface area contributed by atoms with Crippen LogP contribution in [-0.4, -0.2) is 54.4 Å². The third-order valence-electron chi connectivity index (χ3n) is 4.87. The second-order valence-corrected chi connectivity index (χ2v) is 7.24. The molecule has 1 fully saturated rings. The Morgan fingerprint density at radius 3 is 2.54 bits per heavy atom. The summed E-state index contributed by atoms with van der Waals surface area (Å²) in [6.45, 7) is 2.25. The Morgan fingerprint density at radius 1 is 1.19 bits per heavy atom. The molecule has 0 unspecified atom stereocenters. The molecule has 0 spiro atoms. The molecule has 26 heavy (non-hydrogen) atoms. The first-order valence-corrected chi connectivity index (χ1v) is 9.32. The van der Waals surface area contributed by atoms with E-state index >= 15 is 0 Å². The number of rotatable bonds is 8. The van der Waals surface area contributed by atoms with Crippen molar-refractivity contribution in [1.82, 2.24) is 9.80 Å². The highest BCUT2D eigenvalue weighted by molar-refractivity contribution is 5.92. The Morgan fingerprint density at radius 2 is 1.88 bits per heavy atom. The summed E-state index contributed by atoms with van der Waals surface area (Å²) in [6, 6.07) is 6.48. The van der Waals surface area contributed by atoms with Crippen molar-refractivity contribution >= 4 is 17.7 Å². The van der Waals surface area contributed by atoms with E-state index in [0.717, 1.165) is 13.1 Å². The first-order chi connectivity index (χ1) is 12.5. The Bertz CT molecular complexity index is 637. The van der Waals surface area contributed by atoms with Crippen LogP contribution in [0, 0.1) is 16.0 Å². The first-order valence-electron chi connectivity index (χ1n) is 9.32. The molecule has 0 aliphatic heterocycles. The van der Waals surface area contributed by atoms with Crippen molar-refractivity contribution in [1.29, 1.82) is 0 Å². The van der Waals surface area contributed by atoms with Crippen LogP contribution < -0.4 is 0 Å². The lowest BCUT2D eigenvalue weighted by atomic mass is 9.89. The van der Waals surface area contributed by atoms with Crippen LogP contribution in [0.4, 0.5) is 5.69 Å². The molecule has 142 valence electrons. The van der Waals surface area contributed by atoms with Gasteiger partial charge in [0.15, 0.2) is 0 Å². The molecule has 0 N–H and O–H groups in total. The van der Waals surface area contributed by atoms with Gasteiger partial charge in [0.1, 0.15) is 0 Å². The average Bonchev–Trinajstić information content (AvgIpc) is 2.64. The van der Waals surface area contributed by atoms with E-state index < -0.39 is 4.92 Å². The minimum absolute atomic E-state index is 0.0173. The van der Waals surface area contributed by atoms with Crippen molar-refractivity contribution in [3.8, 4) is 0 Å². The van der Waals surface area contributed by atoms with Gasteiger partial charge in [0, 0.05) is 31.8 Å². The molecule has 6 nitrogen and oxygen atoms in total. The topological polar surface area (TPSA) is 66.7 Å². The predicted molar refractivity (Wildman–Crippen MR) is 104 cm³/mol. The molecule has 1 saturated carbocycles. The van der Waals surface area contributed by atoms with Crippen molar-refractivity contribution in [2.45, 2.75) is 32.1 Å². The molecule has 1 aliphatic carbocycles. The summed E-state index contributed by atoms with van der Waals surface area (Å²) in [5.41, 5.74) is 0.472. The number of carbonyl (C=O) groups is 1. The summed E-state index contributed by atoms with van der Waals surface area (Å²) in [5.74, 6) is 0.491. The minimum Gasteiger partial charge on any atom is -0.338 e. The number of nitrogens with zero attached hydrogens (tertiary/aromatic N) is 3. The SMILES string of the molecule is CN(C)CCN(CC1CCCCC1)C(=O)C=Cc1ccccc1[N+](=O)[O-]. The van der Waals surface area contributed by atoms with Crippen molar-refractivity contribution in [3.63, 3.8) is 0 Å². The van der Waals surface area contributed by atoms with Gasteiger partial charge in [-0.2, -0.15) is 0 Å². The molecule has 1 amide bonds. The Labute approximate surface area is 155 Å². The largest absolute Gasteiger partial charge is 0.338 e. The lowest BCUT2D eigenvalue weighted by molar-refractivity contribution is -0.385. The van der Waals surface area contributed by atoms with E-state index in [-0.39, 0.29) is 11.6 Å². The predicted octanol–water partition coefficient (Wildman–Crippen LogP) is 3.58. The number of amides is 1. The summed E-state index contributed by atoms with van der Waals surface area (Å²) >= 11 is 0. The summed E-state index contributed by atoms with van der Waals surface area (Å²) in [4.78, 5) is 27.4. The maximum absolute atomic E-state index is 12.7. The van der Waals surface area contributed by atoms with Crippen LogP contribution in [0.3, 0.4) is 0 Å². The van der Waals surface area contributed by atoms with Crippen LogP contribution in [0.1, 0.15) is 37.7 Å². The lowest BCUT2D eigenvalue weighted by Gasteiger charge is -2.30. The number of carbonyl (C=O) groups excluding carboxylic acids is 1. The summed E-state index contributed by atoms with van der Waals surface area (Å²) in [7, 11) is 3.98. The van der Waals surface area contributed by atoms with Crippen molar-refractivity contribution < 1.29 is 9.72 Å². The molecule has 0 heterocycles. The number of para-hydroxylation sites is 1.